The van der Waals surface area contributed by atoms with Crippen molar-refractivity contribution < 1.29 is 4.39 Å². The van der Waals surface area contributed by atoms with E-state index in [-0.39, 0.29) is 5.41 Å². The van der Waals surface area contributed by atoms with Crippen LogP contribution < -0.4 is 10.1 Å². The molecule has 0 fully saturated rings. The lowest BCUT2D eigenvalue weighted by molar-refractivity contribution is 0.512. The van der Waals surface area contributed by atoms with Crippen molar-refractivity contribution >= 4 is 11.7 Å². The molecule has 0 aliphatic carbocycles. The molecule has 0 saturated heterocycles. The maximum absolute atomic E-state index is 14.4. The van der Waals surface area contributed by atoms with E-state index >= 15 is 0 Å². The van der Waals surface area contributed by atoms with Gasteiger partial charge in [0, 0.05) is 11.0 Å². The van der Waals surface area contributed by atoms with Crippen molar-refractivity contribution in [2.45, 2.75) is 26.2 Å². The Kier molecular flexibility index (Phi) is 2.84. The number of fused-ring (bicyclic) bond motifs is 6. The number of halogens is 1. The van der Waals surface area contributed by atoms with Crippen LogP contribution in [0, 0.1) is 6.08 Å². The highest BCUT2D eigenvalue weighted by Crippen LogP contribution is 2.34. The highest BCUT2D eigenvalue weighted by atomic mass is 19.1. The summed E-state index contributed by atoms with van der Waals surface area (Å²) >= 11 is 0. The summed E-state index contributed by atoms with van der Waals surface area (Å²) in [5.74, 6) is 1.31. The van der Waals surface area contributed by atoms with Crippen LogP contribution in [0.1, 0.15) is 32.0 Å². The zero-order chi connectivity index (χ0) is 18.1. The molecule has 9 heteroatoms. The first kappa shape index (κ1) is 15.1. The van der Waals surface area contributed by atoms with Crippen molar-refractivity contribution in [2.24, 2.45) is 4.99 Å². The van der Waals surface area contributed by atoms with Crippen LogP contribution in [0.5, 0.6) is 0 Å². The zero-order valence-corrected chi connectivity index (χ0v) is 14.6. The van der Waals surface area contributed by atoms with Gasteiger partial charge in [-0.05, 0) is 17.3 Å². The summed E-state index contributed by atoms with van der Waals surface area (Å²) < 4.78 is 15.9. The van der Waals surface area contributed by atoms with Gasteiger partial charge in [0.1, 0.15) is 0 Å². The number of imidazole rings is 1. The topological polar surface area (TPSA) is 67.4 Å². The van der Waals surface area contributed by atoms with Crippen LogP contribution >= 0.6 is 0 Å². The first-order valence-corrected chi connectivity index (χ1v) is 8.33. The lowest BCUT2D eigenvalue weighted by Crippen LogP contribution is -2.51. The van der Waals surface area contributed by atoms with Crippen LogP contribution in [-0.4, -0.2) is 37.2 Å². The standard InChI is InChI=1S/C17H17FN8/c1-17(2,3)13-9-23(22-21-13)24-10-20-15-11-6-4-5-7-12(11)25-14(26(15)24)8-19-16(25)18/h4-9H,10H2,1-3H3. The smallest absolute Gasteiger partial charge is 0.252 e. The molecule has 5 rings (SSSR count). The van der Waals surface area contributed by atoms with Crippen molar-refractivity contribution in [3.8, 4) is 5.69 Å². The highest BCUT2D eigenvalue weighted by molar-refractivity contribution is 6.15. The molecule has 3 aromatic rings. The molecule has 2 aliphatic heterocycles. The van der Waals surface area contributed by atoms with E-state index in [1.165, 1.54) is 10.8 Å². The molecule has 2 aliphatic rings. The number of para-hydroxylation sites is 1. The van der Waals surface area contributed by atoms with E-state index in [0.717, 1.165) is 22.8 Å². The Balaban J connectivity index is 1.64. The number of aromatic nitrogens is 5. The van der Waals surface area contributed by atoms with E-state index in [1.54, 1.807) is 9.91 Å². The fourth-order valence-corrected chi connectivity index (χ4v) is 3.21. The van der Waals surface area contributed by atoms with Gasteiger partial charge in [0.2, 0.25) is 0 Å². The first-order chi connectivity index (χ1) is 12.4. The average Bonchev–Trinajstić information content (AvgIpc) is 3.31. The Morgan fingerprint density at radius 1 is 1.15 bits per heavy atom. The van der Waals surface area contributed by atoms with Crippen molar-refractivity contribution in [1.29, 1.82) is 0 Å². The van der Waals surface area contributed by atoms with E-state index in [9.17, 15) is 4.39 Å². The summed E-state index contributed by atoms with van der Waals surface area (Å²) in [5.41, 5.74) is 2.31. The average molecular weight is 352 g/mol. The molecule has 0 N–H and O–H groups in total. The second-order valence-corrected chi connectivity index (χ2v) is 7.32. The third-order valence-corrected chi connectivity index (χ3v) is 4.57. The third kappa shape index (κ3) is 1.94. The summed E-state index contributed by atoms with van der Waals surface area (Å²) in [7, 11) is 0. The molecule has 1 aromatic carbocycles. The number of hydrogen-bond donors (Lipinski definition) is 0. The van der Waals surface area contributed by atoms with Crippen LogP contribution in [0.3, 0.4) is 0 Å². The molecular formula is C17H17FN8. The fraction of sp³-hybridized carbons (Fsp3) is 0.294. The molecule has 0 saturated carbocycles. The van der Waals surface area contributed by atoms with E-state index in [1.807, 2.05) is 35.5 Å². The number of hydrogen-bond acceptors (Lipinski definition) is 6. The normalized spacial score (nSPS) is 15.6. The Morgan fingerprint density at radius 2 is 1.96 bits per heavy atom. The Morgan fingerprint density at radius 3 is 2.73 bits per heavy atom. The van der Waals surface area contributed by atoms with Crippen LogP contribution in [0.15, 0.2) is 41.7 Å². The second kappa shape index (κ2) is 4.90. The van der Waals surface area contributed by atoms with E-state index in [4.69, 9.17) is 0 Å². The van der Waals surface area contributed by atoms with Crippen molar-refractivity contribution in [1.82, 2.24) is 24.7 Å². The fourth-order valence-electron chi connectivity index (χ4n) is 3.21. The minimum absolute atomic E-state index is 0.121. The molecule has 26 heavy (non-hydrogen) atoms. The number of rotatable bonds is 1. The number of benzene rings is 1. The second-order valence-electron chi connectivity index (χ2n) is 7.32. The Hall–Kier alpha value is -3.23. The summed E-state index contributed by atoms with van der Waals surface area (Å²) in [6, 6.07) is 7.57. The summed E-state index contributed by atoms with van der Waals surface area (Å²) in [6.45, 7) is 6.59. The molecule has 132 valence electrons. The van der Waals surface area contributed by atoms with Gasteiger partial charge in [-0.25, -0.2) is 9.98 Å². The van der Waals surface area contributed by atoms with E-state index in [2.05, 4.69) is 41.1 Å². The molecule has 4 heterocycles. The Bertz CT molecular complexity index is 1040. The maximum atomic E-state index is 14.4. The predicted molar refractivity (Wildman–Crippen MR) is 94.3 cm³/mol. The van der Waals surface area contributed by atoms with Crippen LogP contribution in [0.4, 0.5) is 10.2 Å². The Labute approximate surface area is 149 Å². The molecule has 0 radical (unpaired) electrons. The van der Waals surface area contributed by atoms with Crippen LogP contribution in [-0.2, 0) is 5.41 Å². The molecule has 0 unspecified atom stereocenters. The molecule has 0 bridgehead atoms. The largest absolute Gasteiger partial charge is 0.295 e. The molecule has 8 nitrogen and oxygen atoms in total. The lowest BCUT2D eigenvalue weighted by Gasteiger charge is -2.34. The molecule has 0 spiro atoms. The van der Waals surface area contributed by atoms with Gasteiger partial charge in [-0.3, -0.25) is 4.57 Å². The number of amidine groups is 1. The van der Waals surface area contributed by atoms with E-state index in [0.29, 0.717) is 12.5 Å². The minimum Gasteiger partial charge on any atom is -0.252 e. The van der Waals surface area contributed by atoms with Gasteiger partial charge in [0.25, 0.3) is 6.08 Å². The van der Waals surface area contributed by atoms with Gasteiger partial charge in [-0.2, -0.15) is 14.5 Å². The molecule has 2 aromatic heterocycles. The summed E-state index contributed by atoms with van der Waals surface area (Å²) in [6.07, 6.45) is 2.81. The van der Waals surface area contributed by atoms with Gasteiger partial charge in [0.05, 0.1) is 23.8 Å². The maximum Gasteiger partial charge on any atom is 0.295 e. The van der Waals surface area contributed by atoms with Crippen molar-refractivity contribution in [2.75, 3.05) is 16.8 Å². The first-order valence-electron chi connectivity index (χ1n) is 8.33. The molecular weight excluding hydrogens is 335 g/mol. The molecule has 0 amide bonds. The number of hydrazine groups is 1. The SMILES string of the molecule is CC(C)(C)c1cn(N2CN=C3c4ccccc4-n4c(cnc4F)N32)nn1. The lowest BCUT2D eigenvalue weighted by atomic mass is 9.93. The molecule has 0 atom stereocenters. The van der Waals surface area contributed by atoms with E-state index < -0.39 is 6.08 Å². The van der Waals surface area contributed by atoms with Crippen molar-refractivity contribution in [3.63, 3.8) is 0 Å². The summed E-state index contributed by atoms with van der Waals surface area (Å²) in [4.78, 5) is 10.1. The third-order valence-electron chi connectivity index (χ3n) is 4.57. The minimum atomic E-state index is -0.563. The monoisotopic (exact) mass is 352 g/mol. The van der Waals surface area contributed by atoms with Crippen LogP contribution in [0.2, 0.25) is 0 Å². The van der Waals surface area contributed by atoms with Gasteiger partial charge >= 0.3 is 0 Å². The van der Waals surface area contributed by atoms with Gasteiger partial charge in [-0.15, -0.1) is 9.89 Å². The summed E-state index contributed by atoms with van der Waals surface area (Å²) in [5, 5.41) is 12.1. The van der Waals surface area contributed by atoms with Crippen LogP contribution in [0.25, 0.3) is 5.69 Å². The number of nitrogens with zero attached hydrogens (tertiary/aromatic N) is 8. The zero-order valence-electron chi connectivity index (χ0n) is 14.6. The van der Waals surface area contributed by atoms with Gasteiger partial charge in [-0.1, -0.05) is 32.9 Å². The highest BCUT2D eigenvalue weighted by Gasteiger charge is 2.38. The van der Waals surface area contributed by atoms with Gasteiger partial charge in [0.15, 0.2) is 18.3 Å². The van der Waals surface area contributed by atoms with Gasteiger partial charge < -0.3 is 0 Å². The van der Waals surface area contributed by atoms with Crippen molar-refractivity contribution in [3.05, 3.63) is 54.0 Å². The quantitative estimate of drug-likeness (QED) is 0.670. The number of aliphatic imine (C=N–C) groups is 1. The predicted octanol–water partition coefficient (Wildman–Crippen LogP) is 1.99. The number of anilines is 1.